The SMILES string of the molecule is CNCC1CCN(C(=O)c2cncn2-c2ccccc2)C1. The fourth-order valence-electron chi connectivity index (χ4n) is 2.88. The summed E-state index contributed by atoms with van der Waals surface area (Å²) in [5, 5.41) is 3.19. The van der Waals surface area contributed by atoms with E-state index in [-0.39, 0.29) is 5.91 Å². The lowest BCUT2D eigenvalue weighted by Gasteiger charge is -2.17. The summed E-state index contributed by atoms with van der Waals surface area (Å²) in [5.41, 5.74) is 1.59. The zero-order valence-corrected chi connectivity index (χ0v) is 12.2. The fourth-order valence-corrected chi connectivity index (χ4v) is 2.88. The number of nitrogens with zero attached hydrogens (tertiary/aromatic N) is 3. The first-order valence-electron chi connectivity index (χ1n) is 7.31. The van der Waals surface area contributed by atoms with Gasteiger partial charge in [0.15, 0.2) is 0 Å². The number of amides is 1. The maximum Gasteiger partial charge on any atom is 0.272 e. The van der Waals surface area contributed by atoms with Gasteiger partial charge in [-0.3, -0.25) is 9.36 Å². The van der Waals surface area contributed by atoms with Crippen molar-refractivity contribution in [1.29, 1.82) is 0 Å². The second-order valence-corrected chi connectivity index (χ2v) is 5.45. The molecule has 3 rings (SSSR count). The molecular weight excluding hydrogens is 264 g/mol. The number of likely N-dealkylation sites (tertiary alicyclic amines) is 1. The monoisotopic (exact) mass is 284 g/mol. The van der Waals surface area contributed by atoms with E-state index in [1.54, 1.807) is 12.5 Å². The highest BCUT2D eigenvalue weighted by atomic mass is 16.2. The van der Waals surface area contributed by atoms with Gasteiger partial charge < -0.3 is 10.2 Å². The molecule has 1 fully saturated rings. The molecule has 1 aromatic carbocycles. The molecule has 5 nitrogen and oxygen atoms in total. The number of imidazole rings is 1. The van der Waals surface area contributed by atoms with Crippen molar-refractivity contribution in [1.82, 2.24) is 19.8 Å². The predicted octanol–water partition coefficient (Wildman–Crippen LogP) is 1.55. The summed E-state index contributed by atoms with van der Waals surface area (Å²) in [5.74, 6) is 0.613. The summed E-state index contributed by atoms with van der Waals surface area (Å²) in [4.78, 5) is 18.8. The van der Waals surface area contributed by atoms with Gasteiger partial charge in [-0.2, -0.15) is 0 Å². The van der Waals surface area contributed by atoms with Crippen molar-refractivity contribution in [2.45, 2.75) is 6.42 Å². The van der Waals surface area contributed by atoms with Crippen molar-refractivity contribution in [3.8, 4) is 5.69 Å². The first-order valence-corrected chi connectivity index (χ1v) is 7.31. The maximum atomic E-state index is 12.7. The van der Waals surface area contributed by atoms with E-state index in [1.165, 1.54) is 0 Å². The van der Waals surface area contributed by atoms with Crippen molar-refractivity contribution >= 4 is 5.91 Å². The van der Waals surface area contributed by atoms with Crippen molar-refractivity contribution in [2.75, 3.05) is 26.7 Å². The minimum absolute atomic E-state index is 0.0648. The van der Waals surface area contributed by atoms with Crippen LogP contribution in [0.2, 0.25) is 0 Å². The fraction of sp³-hybridized carbons (Fsp3) is 0.375. The van der Waals surface area contributed by atoms with Crippen LogP contribution in [0.1, 0.15) is 16.9 Å². The number of nitrogens with one attached hydrogen (secondary N) is 1. The molecule has 0 radical (unpaired) electrons. The largest absolute Gasteiger partial charge is 0.337 e. The van der Waals surface area contributed by atoms with Crippen LogP contribution in [0.25, 0.3) is 5.69 Å². The standard InChI is InChI=1S/C16H20N4O/c1-17-9-13-7-8-19(11-13)16(21)15-10-18-12-20(15)14-5-3-2-4-6-14/h2-6,10,12-13,17H,7-9,11H2,1H3. The van der Waals surface area contributed by atoms with Crippen molar-refractivity contribution < 1.29 is 4.79 Å². The van der Waals surface area contributed by atoms with E-state index in [4.69, 9.17) is 0 Å². The lowest BCUT2D eigenvalue weighted by molar-refractivity contribution is 0.0779. The van der Waals surface area contributed by atoms with Gasteiger partial charge in [0.25, 0.3) is 5.91 Å². The molecule has 1 aromatic heterocycles. The molecule has 2 aromatic rings. The number of hydrogen-bond acceptors (Lipinski definition) is 3. The van der Waals surface area contributed by atoms with Crippen LogP contribution in [0.3, 0.4) is 0 Å². The molecule has 0 aliphatic carbocycles. The Morgan fingerprint density at radius 1 is 1.38 bits per heavy atom. The second-order valence-electron chi connectivity index (χ2n) is 5.45. The molecule has 110 valence electrons. The van der Waals surface area contributed by atoms with Crippen LogP contribution in [-0.2, 0) is 0 Å². The Hall–Kier alpha value is -2.14. The highest BCUT2D eigenvalue weighted by Gasteiger charge is 2.28. The lowest BCUT2D eigenvalue weighted by Crippen LogP contribution is -2.31. The average Bonchev–Trinajstić information content (AvgIpc) is 3.17. The average molecular weight is 284 g/mol. The van der Waals surface area contributed by atoms with E-state index in [0.717, 1.165) is 31.7 Å². The molecule has 1 aliphatic rings. The Labute approximate surface area is 124 Å². The molecule has 2 heterocycles. The molecule has 0 bridgehead atoms. The van der Waals surface area contributed by atoms with Gasteiger partial charge in [0, 0.05) is 18.8 Å². The van der Waals surface area contributed by atoms with E-state index < -0.39 is 0 Å². The third-order valence-corrected chi connectivity index (χ3v) is 3.96. The summed E-state index contributed by atoms with van der Waals surface area (Å²) in [6, 6.07) is 9.84. The number of carbonyl (C=O) groups excluding carboxylic acids is 1. The van der Waals surface area contributed by atoms with E-state index >= 15 is 0 Å². The number of benzene rings is 1. The first-order chi connectivity index (χ1) is 10.3. The van der Waals surface area contributed by atoms with Crippen molar-refractivity contribution in [2.24, 2.45) is 5.92 Å². The summed E-state index contributed by atoms with van der Waals surface area (Å²) in [6.07, 6.45) is 4.41. The summed E-state index contributed by atoms with van der Waals surface area (Å²) >= 11 is 0. The van der Waals surface area contributed by atoms with Gasteiger partial charge in [0.05, 0.1) is 12.5 Å². The Kier molecular flexibility index (Phi) is 4.01. The molecule has 1 aliphatic heterocycles. The molecule has 21 heavy (non-hydrogen) atoms. The van der Waals surface area contributed by atoms with E-state index in [1.807, 2.05) is 46.8 Å². The molecule has 1 amide bonds. The Bertz CT molecular complexity index is 608. The first kappa shape index (κ1) is 13.8. The molecule has 5 heteroatoms. The molecule has 0 spiro atoms. The minimum atomic E-state index is 0.0648. The quantitative estimate of drug-likeness (QED) is 0.927. The number of hydrogen-bond donors (Lipinski definition) is 1. The van der Waals surface area contributed by atoms with Gasteiger partial charge in [-0.15, -0.1) is 0 Å². The van der Waals surface area contributed by atoms with Crippen LogP contribution >= 0.6 is 0 Å². The summed E-state index contributed by atoms with van der Waals surface area (Å²) in [7, 11) is 1.95. The third kappa shape index (κ3) is 2.83. The number of rotatable bonds is 4. The van der Waals surface area contributed by atoms with Crippen LogP contribution < -0.4 is 5.32 Å². The van der Waals surface area contributed by atoms with Crippen molar-refractivity contribution in [3.63, 3.8) is 0 Å². The van der Waals surface area contributed by atoms with Gasteiger partial charge >= 0.3 is 0 Å². The third-order valence-electron chi connectivity index (χ3n) is 3.96. The zero-order valence-electron chi connectivity index (χ0n) is 12.2. The predicted molar refractivity (Wildman–Crippen MR) is 81.5 cm³/mol. The Morgan fingerprint density at radius 2 is 2.19 bits per heavy atom. The normalized spacial score (nSPS) is 18.1. The van der Waals surface area contributed by atoms with Crippen LogP contribution in [0, 0.1) is 5.92 Å². The van der Waals surface area contributed by atoms with E-state index in [2.05, 4.69) is 10.3 Å². The molecule has 1 unspecified atom stereocenters. The smallest absolute Gasteiger partial charge is 0.272 e. The van der Waals surface area contributed by atoms with Crippen LogP contribution in [-0.4, -0.2) is 47.0 Å². The van der Waals surface area contributed by atoms with Gasteiger partial charge in [0.2, 0.25) is 0 Å². The lowest BCUT2D eigenvalue weighted by atomic mass is 10.1. The molecule has 1 saturated heterocycles. The topological polar surface area (TPSA) is 50.2 Å². The highest BCUT2D eigenvalue weighted by molar-refractivity contribution is 5.93. The minimum Gasteiger partial charge on any atom is -0.337 e. The van der Waals surface area contributed by atoms with Crippen LogP contribution in [0.4, 0.5) is 0 Å². The van der Waals surface area contributed by atoms with Crippen LogP contribution in [0.15, 0.2) is 42.9 Å². The van der Waals surface area contributed by atoms with Gasteiger partial charge in [0.1, 0.15) is 5.69 Å². The summed E-state index contributed by atoms with van der Waals surface area (Å²) < 4.78 is 1.85. The molecule has 1 atom stereocenters. The van der Waals surface area contributed by atoms with E-state index in [0.29, 0.717) is 11.6 Å². The van der Waals surface area contributed by atoms with E-state index in [9.17, 15) is 4.79 Å². The molecular formula is C16H20N4O. The zero-order chi connectivity index (χ0) is 14.7. The van der Waals surface area contributed by atoms with Gasteiger partial charge in [-0.25, -0.2) is 4.98 Å². The second kappa shape index (κ2) is 6.10. The summed E-state index contributed by atoms with van der Waals surface area (Å²) in [6.45, 7) is 2.60. The van der Waals surface area contributed by atoms with Crippen molar-refractivity contribution in [3.05, 3.63) is 48.5 Å². The maximum absolute atomic E-state index is 12.7. The number of carbonyl (C=O) groups is 1. The Morgan fingerprint density at radius 3 is 2.95 bits per heavy atom. The molecule has 0 saturated carbocycles. The molecule has 1 N–H and O–H groups in total. The Balaban J connectivity index is 1.79. The highest BCUT2D eigenvalue weighted by Crippen LogP contribution is 2.19. The van der Waals surface area contributed by atoms with Crippen LogP contribution in [0.5, 0.6) is 0 Å². The number of aromatic nitrogens is 2. The van der Waals surface area contributed by atoms with Gasteiger partial charge in [-0.05, 0) is 38.1 Å². The number of para-hydroxylation sites is 1. The van der Waals surface area contributed by atoms with Gasteiger partial charge in [-0.1, -0.05) is 18.2 Å².